The Morgan fingerprint density at radius 2 is 1.59 bits per heavy atom. The van der Waals surface area contributed by atoms with E-state index in [1.165, 1.54) is 20.3 Å². The minimum absolute atomic E-state index is 0.00582. The number of methoxy groups -OCH3 is 3. The number of hydrogen-bond donors (Lipinski definition) is 4. The second-order valence-electron chi connectivity index (χ2n) is 17.4. The van der Waals surface area contributed by atoms with Gasteiger partial charge in [-0.05, 0) is 66.0 Å². The summed E-state index contributed by atoms with van der Waals surface area (Å²) in [7, 11) is 4.08. The largest absolute Gasteiger partial charge is 0.483 e. The lowest BCUT2D eigenvalue weighted by molar-refractivity contribution is -0.153. The Kier molecular flexibility index (Phi) is 13.9. The standard InChI is InChI=1S/C49H53F3N8O8/c1-27(2)40(57-47(63)66-4)45(61)60-24-28(25-65-3)20-38(60)44-54-35-18-15-31-21-30(13-17-34(31)42(35)56-44)33-16-14-32(22-39(33)68-26-49(50,51)52)36-23-53-43(55-36)37-12-9-19-59(37)46(62)41(58-48(64)67-5)29-10-7-6-8-11-29/h6-8,10-11,13-18,21-23,27-28,37-38,40-41H,9,12,19-20,24-26H2,1-5H3,(H,53,55)(H,54,56)(H,57,63)(H,58,64)/t28-,37-,38-,40-,41+/m0/s1. The van der Waals surface area contributed by atoms with Crippen LogP contribution in [0.25, 0.3) is 44.2 Å². The highest BCUT2D eigenvalue weighted by Crippen LogP contribution is 2.41. The van der Waals surface area contributed by atoms with Crippen LogP contribution in [0.5, 0.6) is 5.75 Å². The molecular weight excluding hydrogens is 886 g/mol. The van der Waals surface area contributed by atoms with Crippen molar-refractivity contribution in [2.24, 2.45) is 11.8 Å². The van der Waals surface area contributed by atoms with Crippen LogP contribution in [-0.4, -0.2) is 114 Å². The van der Waals surface area contributed by atoms with Crippen LogP contribution < -0.4 is 15.4 Å². The number of nitrogens with one attached hydrogen (secondary N) is 4. The van der Waals surface area contributed by atoms with Gasteiger partial charge in [0.2, 0.25) is 5.91 Å². The first-order chi connectivity index (χ1) is 32.7. The van der Waals surface area contributed by atoms with E-state index in [4.69, 9.17) is 23.9 Å². The Hall–Kier alpha value is -7.15. The van der Waals surface area contributed by atoms with Crippen LogP contribution in [-0.2, 0) is 23.8 Å². The van der Waals surface area contributed by atoms with Crippen molar-refractivity contribution in [3.05, 3.63) is 102 Å². The van der Waals surface area contributed by atoms with E-state index in [9.17, 15) is 32.3 Å². The van der Waals surface area contributed by atoms with Gasteiger partial charge in [-0.3, -0.25) is 9.59 Å². The lowest BCUT2D eigenvalue weighted by Gasteiger charge is -2.30. The third-order valence-electron chi connectivity index (χ3n) is 12.5. The van der Waals surface area contributed by atoms with Crippen molar-refractivity contribution in [1.29, 1.82) is 0 Å². The topological polar surface area (TPSA) is 193 Å². The number of rotatable bonds is 14. The lowest BCUT2D eigenvalue weighted by atomic mass is 9.98. The summed E-state index contributed by atoms with van der Waals surface area (Å²) in [6.45, 7) is 3.42. The number of likely N-dealkylation sites (tertiary alicyclic amines) is 2. The van der Waals surface area contributed by atoms with Crippen molar-refractivity contribution in [2.75, 3.05) is 47.6 Å². The summed E-state index contributed by atoms with van der Waals surface area (Å²) in [5.41, 5.74) is 3.99. The number of ether oxygens (including phenoxy) is 4. The molecule has 4 N–H and O–H groups in total. The number of nitrogens with zero attached hydrogens (tertiary/aromatic N) is 4. The summed E-state index contributed by atoms with van der Waals surface area (Å²) in [5.74, 6) is 0.245. The van der Waals surface area contributed by atoms with Gasteiger partial charge in [0, 0.05) is 42.6 Å². The summed E-state index contributed by atoms with van der Waals surface area (Å²) in [5, 5.41) is 6.88. The summed E-state index contributed by atoms with van der Waals surface area (Å²) < 4.78 is 61.7. The maximum Gasteiger partial charge on any atom is 0.422 e. The first kappa shape index (κ1) is 47.3. The molecular formula is C49H53F3N8O8. The van der Waals surface area contributed by atoms with E-state index in [-0.39, 0.29) is 29.4 Å². The molecule has 0 bridgehead atoms. The molecule has 2 aliphatic heterocycles. The minimum atomic E-state index is -4.61. The molecule has 2 saturated heterocycles. The molecule has 2 fully saturated rings. The predicted octanol–water partition coefficient (Wildman–Crippen LogP) is 8.39. The number of fused-ring (bicyclic) bond motifs is 3. The van der Waals surface area contributed by atoms with E-state index in [0.29, 0.717) is 84.1 Å². The van der Waals surface area contributed by atoms with E-state index < -0.39 is 49.1 Å². The molecule has 16 nitrogen and oxygen atoms in total. The highest BCUT2D eigenvalue weighted by molar-refractivity contribution is 6.05. The zero-order valence-electron chi connectivity index (χ0n) is 38.2. The van der Waals surface area contributed by atoms with Gasteiger partial charge in [0.1, 0.15) is 29.5 Å². The SMILES string of the molecule is COC[C@H]1C[C@@H](c2nc3c(ccc4cc(-c5ccc(-c6cnc([C@@H]7CCCN7C(=O)[C@H](NC(=O)OC)c7ccccc7)[nH]6)cc5OCC(F)(F)F)ccc43)[nH]2)N(C(=O)[C@@H](NC(=O)OC)C(C)C)C1. The molecule has 6 aromatic rings. The van der Waals surface area contributed by atoms with Gasteiger partial charge < -0.3 is 49.3 Å². The summed E-state index contributed by atoms with van der Waals surface area (Å²) >= 11 is 0. The summed E-state index contributed by atoms with van der Waals surface area (Å²) in [4.78, 5) is 72.4. The van der Waals surface area contributed by atoms with Gasteiger partial charge in [0.05, 0.1) is 55.8 Å². The Balaban J connectivity index is 1.08. The molecule has 8 rings (SSSR count). The molecule has 0 unspecified atom stereocenters. The van der Waals surface area contributed by atoms with Crippen LogP contribution in [0, 0.1) is 11.8 Å². The van der Waals surface area contributed by atoms with Crippen molar-refractivity contribution in [3.63, 3.8) is 0 Å². The number of alkyl carbamates (subject to hydrolysis) is 2. The number of carbonyl (C=O) groups excluding carboxylic acids is 4. The average Bonchev–Trinajstić information content (AvgIpc) is 4.18. The van der Waals surface area contributed by atoms with Gasteiger partial charge >= 0.3 is 18.4 Å². The molecule has 358 valence electrons. The summed E-state index contributed by atoms with van der Waals surface area (Å²) in [6.07, 6.45) is -2.66. The molecule has 4 aromatic carbocycles. The number of alkyl halides is 3. The van der Waals surface area contributed by atoms with Gasteiger partial charge in [0.15, 0.2) is 6.61 Å². The molecule has 0 saturated carbocycles. The molecule has 4 heterocycles. The van der Waals surface area contributed by atoms with Crippen LogP contribution in [0.2, 0.25) is 0 Å². The Morgan fingerprint density at radius 1 is 0.838 bits per heavy atom. The monoisotopic (exact) mass is 938 g/mol. The van der Waals surface area contributed by atoms with Crippen LogP contribution >= 0.6 is 0 Å². The van der Waals surface area contributed by atoms with Crippen molar-refractivity contribution in [1.82, 2.24) is 40.4 Å². The maximum absolute atomic E-state index is 14.1. The molecule has 68 heavy (non-hydrogen) atoms. The van der Waals surface area contributed by atoms with Gasteiger partial charge in [-0.25, -0.2) is 19.6 Å². The zero-order chi connectivity index (χ0) is 48.3. The van der Waals surface area contributed by atoms with Crippen molar-refractivity contribution in [2.45, 2.75) is 63.5 Å². The Bertz CT molecular complexity index is 2800. The van der Waals surface area contributed by atoms with E-state index >= 15 is 0 Å². The number of carbonyl (C=O) groups is 4. The molecule has 5 atom stereocenters. The van der Waals surface area contributed by atoms with Crippen LogP contribution in [0.4, 0.5) is 22.8 Å². The van der Waals surface area contributed by atoms with Crippen LogP contribution in [0.15, 0.2) is 85.1 Å². The van der Waals surface area contributed by atoms with Gasteiger partial charge in [-0.1, -0.05) is 68.4 Å². The fourth-order valence-corrected chi connectivity index (χ4v) is 9.26. The quantitative estimate of drug-likeness (QED) is 0.0825. The fourth-order valence-electron chi connectivity index (χ4n) is 9.26. The number of imidazole rings is 2. The maximum atomic E-state index is 14.1. The van der Waals surface area contributed by atoms with E-state index in [0.717, 1.165) is 16.3 Å². The number of benzene rings is 4. The smallest absolute Gasteiger partial charge is 0.422 e. The molecule has 19 heteroatoms. The third-order valence-corrected chi connectivity index (χ3v) is 12.5. The average molecular weight is 939 g/mol. The summed E-state index contributed by atoms with van der Waals surface area (Å²) in [6, 6.07) is 20.4. The van der Waals surface area contributed by atoms with E-state index in [1.54, 1.807) is 65.6 Å². The van der Waals surface area contributed by atoms with E-state index in [2.05, 4.69) is 25.6 Å². The Labute approximate surface area is 389 Å². The van der Waals surface area contributed by atoms with Gasteiger partial charge in [0.25, 0.3) is 5.91 Å². The number of aromatic nitrogens is 4. The molecule has 4 amide bonds. The van der Waals surface area contributed by atoms with Crippen LogP contribution in [0.3, 0.4) is 0 Å². The molecule has 0 spiro atoms. The molecule has 2 aromatic heterocycles. The number of halogens is 3. The molecule has 0 aliphatic carbocycles. The molecule has 0 radical (unpaired) electrons. The normalized spacial score (nSPS) is 18.2. The van der Waals surface area contributed by atoms with Crippen molar-refractivity contribution < 1.29 is 51.3 Å². The van der Waals surface area contributed by atoms with Crippen LogP contribution in [0.1, 0.15) is 68.4 Å². The van der Waals surface area contributed by atoms with Crippen molar-refractivity contribution in [3.8, 4) is 28.1 Å². The lowest BCUT2D eigenvalue weighted by Crippen LogP contribution is -2.51. The second kappa shape index (κ2) is 20.0. The first-order valence-electron chi connectivity index (χ1n) is 22.3. The van der Waals surface area contributed by atoms with Gasteiger partial charge in [-0.15, -0.1) is 0 Å². The predicted molar refractivity (Wildman–Crippen MR) is 245 cm³/mol. The number of amides is 4. The highest BCUT2D eigenvalue weighted by Gasteiger charge is 2.42. The van der Waals surface area contributed by atoms with Gasteiger partial charge in [-0.2, -0.15) is 13.2 Å². The Morgan fingerprint density at radius 3 is 2.31 bits per heavy atom. The number of hydrogen-bond acceptors (Lipinski definition) is 10. The third kappa shape index (κ3) is 10.1. The number of H-pyrrole nitrogens is 2. The number of aromatic amines is 2. The zero-order valence-corrected chi connectivity index (χ0v) is 38.2. The first-order valence-corrected chi connectivity index (χ1v) is 22.3. The minimum Gasteiger partial charge on any atom is -0.483 e. The van der Waals surface area contributed by atoms with E-state index in [1.807, 2.05) is 44.2 Å². The second-order valence-corrected chi connectivity index (χ2v) is 17.4. The van der Waals surface area contributed by atoms with Crippen molar-refractivity contribution >= 4 is 45.8 Å². The molecule has 2 aliphatic rings. The highest BCUT2D eigenvalue weighted by atomic mass is 19.4. The fraction of sp³-hybridized carbons (Fsp3) is 0.388.